The number of nitrogens with one attached hydrogen (secondary N) is 2. The Bertz CT molecular complexity index is 775. The molecule has 0 radical (unpaired) electrons. The second kappa shape index (κ2) is 10.5. The molecule has 7 nitrogen and oxygen atoms in total. The lowest BCUT2D eigenvalue weighted by molar-refractivity contribution is -0.125. The average Bonchev–Trinajstić information content (AvgIpc) is 3.37. The average molecular weight is 401 g/mol. The molecule has 2 heterocycles. The summed E-state index contributed by atoms with van der Waals surface area (Å²) in [5.41, 5.74) is 1.87. The van der Waals surface area contributed by atoms with Gasteiger partial charge >= 0.3 is 0 Å². The Morgan fingerprint density at radius 1 is 1.28 bits per heavy atom. The fraction of sp³-hybridized carbons (Fsp3) is 0.591. The standard InChI is InChI=1S/C22H32N4O3/c1-3-4-5-6-7-8-19-25-21(26-29-19)17-11-9-16(10-12-17)15(2)24-22(28)20-18(27)13-14-23-20/h9-12,15,18,20,23,27H,3-8,13-14H2,1-2H3,(H,24,28)/t15-,18-,20?/m0/s1. The van der Waals surface area contributed by atoms with Gasteiger partial charge in [-0.25, -0.2) is 0 Å². The summed E-state index contributed by atoms with van der Waals surface area (Å²) in [5, 5.41) is 19.9. The van der Waals surface area contributed by atoms with E-state index in [4.69, 9.17) is 4.52 Å². The van der Waals surface area contributed by atoms with Crippen LogP contribution in [0.25, 0.3) is 11.4 Å². The molecule has 158 valence electrons. The van der Waals surface area contributed by atoms with Gasteiger partial charge in [0.1, 0.15) is 6.04 Å². The lowest BCUT2D eigenvalue weighted by Gasteiger charge is -2.19. The monoisotopic (exact) mass is 400 g/mol. The van der Waals surface area contributed by atoms with E-state index in [9.17, 15) is 9.90 Å². The zero-order chi connectivity index (χ0) is 20.6. The van der Waals surface area contributed by atoms with E-state index < -0.39 is 12.1 Å². The second-order valence-corrected chi connectivity index (χ2v) is 7.82. The normalized spacial score (nSPS) is 20.0. The van der Waals surface area contributed by atoms with E-state index >= 15 is 0 Å². The number of carbonyl (C=O) groups is 1. The molecule has 1 aromatic carbocycles. The minimum atomic E-state index is -0.622. The van der Waals surface area contributed by atoms with Gasteiger partial charge in [0.15, 0.2) is 0 Å². The molecule has 0 bridgehead atoms. The maximum Gasteiger partial charge on any atom is 0.240 e. The summed E-state index contributed by atoms with van der Waals surface area (Å²) in [6.45, 7) is 4.80. The van der Waals surface area contributed by atoms with Crippen molar-refractivity contribution in [1.29, 1.82) is 0 Å². The lowest BCUT2D eigenvalue weighted by Crippen LogP contribution is -2.46. The number of aryl methyl sites for hydroxylation is 1. The Morgan fingerprint density at radius 3 is 2.72 bits per heavy atom. The molecule has 0 saturated carbocycles. The Labute approximate surface area is 172 Å². The van der Waals surface area contributed by atoms with Crippen LogP contribution in [-0.4, -0.2) is 39.8 Å². The molecule has 1 fully saturated rings. The van der Waals surface area contributed by atoms with Crippen LogP contribution in [0, 0.1) is 0 Å². The first kappa shape index (κ1) is 21.5. The third-order valence-corrected chi connectivity index (χ3v) is 5.46. The summed E-state index contributed by atoms with van der Waals surface area (Å²) < 4.78 is 5.37. The summed E-state index contributed by atoms with van der Waals surface area (Å²) in [7, 11) is 0. The number of aromatic nitrogens is 2. The van der Waals surface area contributed by atoms with Gasteiger partial charge in [-0.05, 0) is 31.9 Å². The molecule has 2 aromatic rings. The third-order valence-electron chi connectivity index (χ3n) is 5.46. The molecule has 0 spiro atoms. The summed E-state index contributed by atoms with van der Waals surface area (Å²) in [6.07, 6.45) is 6.83. The van der Waals surface area contributed by atoms with E-state index in [0.717, 1.165) is 24.0 Å². The maximum atomic E-state index is 12.3. The Balaban J connectivity index is 1.52. The molecule has 3 rings (SSSR count). The quantitative estimate of drug-likeness (QED) is 0.530. The molecular weight excluding hydrogens is 368 g/mol. The van der Waals surface area contributed by atoms with Gasteiger partial charge in [-0.15, -0.1) is 0 Å². The maximum absolute atomic E-state index is 12.3. The van der Waals surface area contributed by atoms with Crippen molar-refractivity contribution in [2.24, 2.45) is 0 Å². The van der Waals surface area contributed by atoms with E-state index in [-0.39, 0.29) is 11.9 Å². The van der Waals surface area contributed by atoms with Crippen LogP contribution in [0.2, 0.25) is 0 Å². The molecule has 1 aliphatic heterocycles. The van der Waals surface area contributed by atoms with Gasteiger partial charge in [-0.1, -0.05) is 62.0 Å². The van der Waals surface area contributed by atoms with Gasteiger partial charge in [-0.3, -0.25) is 4.79 Å². The van der Waals surface area contributed by atoms with E-state index in [1.807, 2.05) is 31.2 Å². The number of amides is 1. The van der Waals surface area contributed by atoms with Crippen molar-refractivity contribution in [2.75, 3.05) is 6.54 Å². The zero-order valence-electron chi connectivity index (χ0n) is 17.4. The van der Waals surface area contributed by atoms with Crippen molar-refractivity contribution < 1.29 is 14.4 Å². The predicted molar refractivity (Wildman–Crippen MR) is 111 cm³/mol. The van der Waals surface area contributed by atoms with Crippen LogP contribution in [0.3, 0.4) is 0 Å². The van der Waals surface area contributed by atoms with Crippen LogP contribution in [0.1, 0.15) is 69.9 Å². The number of hydrogen-bond acceptors (Lipinski definition) is 6. The van der Waals surface area contributed by atoms with Crippen LogP contribution in [0.15, 0.2) is 28.8 Å². The fourth-order valence-corrected chi connectivity index (χ4v) is 3.62. The molecule has 7 heteroatoms. The molecule has 1 saturated heterocycles. The molecule has 1 aromatic heterocycles. The van der Waals surface area contributed by atoms with Crippen LogP contribution in [0.4, 0.5) is 0 Å². The number of aliphatic hydroxyl groups excluding tert-OH is 1. The largest absolute Gasteiger partial charge is 0.391 e. The number of hydrogen-bond donors (Lipinski definition) is 3. The Hall–Kier alpha value is -2.25. The number of benzene rings is 1. The fourth-order valence-electron chi connectivity index (χ4n) is 3.62. The highest BCUT2D eigenvalue weighted by Crippen LogP contribution is 2.21. The van der Waals surface area contributed by atoms with Gasteiger partial charge in [0.25, 0.3) is 0 Å². The third kappa shape index (κ3) is 5.87. The van der Waals surface area contributed by atoms with Gasteiger partial charge in [-0.2, -0.15) is 4.98 Å². The summed E-state index contributed by atoms with van der Waals surface area (Å²) >= 11 is 0. The van der Waals surface area contributed by atoms with Crippen molar-refractivity contribution in [1.82, 2.24) is 20.8 Å². The Morgan fingerprint density at radius 2 is 2.03 bits per heavy atom. The smallest absolute Gasteiger partial charge is 0.240 e. The zero-order valence-corrected chi connectivity index (χ0v) is 17.4. The number of carbonyl (C=O) groups excluding carboxylic acids is 1. The van der Waals surface area contributed by atoms with E-state index in [1.165, 1.54) is 25.7 Å². The molecule has 1 unspecified atom stereocenters. The van der Waals surface area contributed by atoms with Crippen molar-refractivity contribution >= 4 is 5.91 Å². The molecule has 1 aliphatic rings. The SMILES string of the molecule is CCCCCCCc1nc(-c2ccc([C@H](C)NC(=O)C3NCC[C@@H]3O)cc2)no1. The topological polar surface area (TPSA) is 100 Å². The summed E-state index contributed by atoms with van der Waals surface area (Å²) in [4.78, 5) is 16.8. The van der Waals surface area contributed by atoms with Crippen LogP contribution in [-0.2, 0) is 11.2 Å². The number of rotatable bonds is 10. The van der Waals surface area contributed by atoms with Crippen LogP contribution < -0.4 is 10.6 Å². The minimum absolute atomic E-state index is 0.157. The summed E-state index contributed by atoms with van der Waals surface area (Å²) in [6, 6.07) is 7.11. The van der Waals surface area contributed by atoms with Crippen molar-refractivity contribution in [3.8, 4) is 11.4 Å². The molecule has 1 amide bonds. The predicted octanol–water partition coefficient (Wildman–Crippen LogP) is 3.15. The van der Waals surface area contributed by atoms with Gasteiger partial charge in [0.05, 0.1) is 12.1 Å². The number of nitrogens with zero attached hydrogens (tertiary/aromatic N) is 2. The van der Waals surface area contributed by atoms with Crippen LogP contribution >= 0.6 is 0 Å². The first-order valence-corrected chi connectivity index (χ1v) is 10.7. The van der Waals surface area contributed by atoms with Crippen molar-refractivity contribution in [2.45, 2.75) is 77.0 Å². The van der Waals surface area contributed by atoms with Gasteiger partial charge < -0.3 is 20.3 Å². The highest BCUT2D eigenvalue weighted by molar-refractivity contribution is 5.83. The molecule has 0 aliphatic carbocycles. The van der Waals surface area contributed by atoms with E-state index in [0.29, 0.717) is 24.7 Å². The molecular formula is C22H32N4O3. The molecule has 3 atom stereocenters. The van der Waals surface area contributed by atoms with Gasteiger partial charge in [0, 0.05) is 12.0 Å². The van der Waals surface area contributed by atoms with Crippen LogP contribution in [0.5, 0.6) is 0 Å². The minimum Gasteiger partial charge on any atom is -0.391 e. The second-order valence-electron chi connectivity index (χ2n) is 7.82. The highest BCUT2D eigenvalue weighted by Gasteiger charge is 2.31. The Kier molecular flexibility index (Phi) is 7.77. The van der Waals surface area contributed by atoms with Gasteiger partial charge in [0.2, 0.25) is 17.6 Å². The number of aliphatic hydroxyl groups is 1. The first-order chi connectivity index (χ1) is 14.1. The van der Waals surface area contributed by atoms with Crippen molar-refractivity contribution in [3.63, 3.8) is 0 Å². The van der Waals surface area contributed by atoms with E-state index in [1.54, 1.807) is 0 Å². The summed E-state index contributed by atoms with van der Waals surface area (Å²) in [5.74, 6) is 1.10. The van der Waals surface area contributed by atoms with E-state index in [2.05, 4.69) is 27.7 Å². The highest BCUT2D eigenvalue weighted by atomic mass is 16.5. The van der Waals surface area contributed by atoms with Crippen molar-refractivity contribution in [3.05, 3.63) is 35.7 Å². The molecule has 29 heavy (non-hydrogen) atoms. The molecule has 3 N–H and O–H groups in total. The first-order valence-electron chi connectivity index (χ1n) is 10.7. The number of unbranched alkanes of at least 4 members (excludes halogenated alkanes) is 4. The lowest BCUT2D eigenvalue weighted by atomic mass is 10.0.